The Morgan fingerprint density at radius 3 is 2.10 bits per heavy atom. The molecule has 2 aliphatic rings. The molecule has 1 aliphatic carbocycles. The molecule has 216 valence electrons. The zero-order chi connectivity index (χ0) is 29.0. The highest BCUT2D eigenvalue weighted by Crippen LogP contribution is 2.42. The van der Waals surface area contributed by atoms with E-state index < -0.39 is 0 Å². The van der Waals surface area contributed by atoms with Crippen molar-refractivity contribution in [1.29, 1.82) is 0 Å². The van der Waals surface area contributed by atoms with Crippen molar-refractivity contribution in [3.05, 3.63) is 89.5 Å². The van der Waals surface area contributed by atoms with Crippen LogP contribution in [0.5, 0.6) is 5.75 Å². The van der Waals surface area contributed by atoms with Gasteiger partial charge in [-0.1, -0.05) is 95.5 Å². The van der Waals surface area contributed by atoms with E-state index in [1.807, 2.05) is 59.5 Å². The van der Waals surface area contributed by atoms with Gasteiger partial charge >= 0.3 is 6.03 Å². The summed E-state index contributed by atoms with van der Waals surface area (Å²) >= 11 is 0. The molecule has 3 aromatic rings. The summed E-state index contributed by atoms with van der Waals surface area (Å²) < 4.78 is 5.99. The number of carbonyl (C=O) groups excluding carboxylic acids is 2. The van der Waals surface area contributed by atoms with Crippen molar-refractivity contribution in [2.45, 2.75) is 83.8 Å². The summed E-state index contributed by atoms with van der Waals surface area (Å²) in [7, 11) is 0. The van der Waals surface area contributed by atoms with E-state index in [1.165, 1.54) is 6.42 Å². The van der Waals surface area contributed by atoms with E-state index >= 15 is 0 Å². The van der Waals surface area contributed by atoms with Crippen LogP contribution >= 0.6 is 0 Å². The van der Waals surface area contributed by atoms with E-state index in [0.717, 1.165) is 59.5 Å². The molecule has 0 bridgehead atoms. The van der Waals surface area contributed by atoms with Crippen molar-refractivity contribution >= 4 is 23.3 Å². The third-order valence-corrected chi connectivity index (χ3v) is 8.52. The molecular weight excluding hydrogens is 510 g/mol. The molecule has 1 spiro atoms. The van der Waals surface area contributed by atoms with Gasteiger partial charge in [0, 0.05) is 17.9 Å². The zero-order valence-corrected chi connectivity index (χ0v) is 24.9. The molecule has 0 radical (unpaired) electrons. The fourth-order valence-electron chi connectivity index (χ4n) is 6.42. The van der Waals surface area contributed by atoms with Crippen molar-refractivity contribution in [3.63, 3.8) is 0 Å². The van der Waals surface area contributed by atoms with Crippen LogP contribution in [0.25, 0.3) is 0 Å². The summed E-state index contributed by atoms with van der Waals surface area (Å²) in [6.45, 7) is 9.66. The number of hydrogen-bond donors (Lipinski definition) is 1. The Morgan fingerprint density at radius 1 is 0.854 bits per heavy atom. The molecule has 6 heteroatoms. The van der Waals surface area contributed by atoms with Crippen LogP contribution in [0.1, 0.15) is 88.3 Å². The highest BCUT2D eigenvalue weighted by Gasteiger charge is 2.50. The second-order valence-electron chi connectivity index (χ2n) is 12.2. The average Bonchev–Trinajstić information content (AvgIpc) is 3.22. The van der Waals surface area contributed by atoms with Gasteiger partial charge in [-0.05, 0) is 65.6 Å². The van der Waals surface area contributed by atoms with E-state index in [9.17, 15) is 9.59 Å². The Bertz CT molecular complexity index is 1320. The number of nitrogens with one attached hydrogen (secondary N) is 1. The number of benzene rings is 3. The standard InChI is InChI=1S/C35H43N3O3/c1-25(2)30-14-11-15-31(26(3)4)33(30)36-32(39)22-37-24-35(20-9-6-10-21-35)38(34(37)40)28-16-18-29(19-17-28)41-23-27-12-7-5-8-13-27/h5,7-8,11-19,25-26H,6,9-10,20-24H2,1-4H3,(H,36,39). The number of urea groups is 1. The van der Waals surface area contributed by atoms with Crippen LogP contribution < -0.4 is 15.0 Å². The number of nitrogens with zero attached hydrogens (tertiary/aromatic N) is 2. The Kier molecular flexibility index (Phi) is 8.67. The van der Waals surface area contributed by atoms with Crippen molar-refractivity contribution in [1.82, 2.24) is 4.90 Å². The Hall–Kier alpha value is -3.80. The Labute approximate surface area is 244 Å². The lowest BCUT2D eigenvalue weighted by molar-refractivity contribution is -0.116. The van der Waals surface area contributed by atoms with Gasteiger partial charge < -0.3 is 15.0 Å². The van der Waals surface area contributed by atoms with Crippen LogP contribution in [0, 0.1) is 0 Å². The maximum Gasteiger partial charge on any atom is 0.325 e. The highest BCUT2D eigenvalue weighted by molar-refractivity contribution is 6.01. The zero-order valence-electron chi connectivity index (χ0n) is 24.9. The van der Waals surface area contributed by atoms with E-state index in [1.54, 1.807) is 4.90 Å². The second-order valence-corrected chi connectivity index (χ2v) is 12.2. The molecule has 1 saturated heterocycles. The molecule has 1 aliphatic heterocycles. The van der Waals surface area contributed by atoms with Crippen LogP contribution in [0.15, 0.2) is 72.8 Å². The van der Waals surface area contributed by atoms with Crippen LogP contribution in [-0.2, 0) is 11.4 Å². The lowest BCUT2D eigenvalue weighted by atomic mass is 9.81. The molecule has 1 heterocycles. The van der Waals surface area contributed by atoms with Crippen molar-refractivity contribution in [2.24, 2.45) is 0 Å². The minimum absolute atomic E-state index is 0.0410. The van der Waals surface area contributed by atoms with Gasteiger partial charge in [-0.15, -0.1) is 0 Å². The van der Waals surface area contributed by atoms with Gasteiger partial charge in [0.2, 0.25) is 5.91 Å². The normalized spacial score (nSPS) is 16.6. The lowest BCUT2D eigenvalue weighted by Crippen LogP contribution is -2.48. The van der Waals surface area contributed by atoms with Crippen LogP contribution in [0.2, 0.25) is 0 Å². The molecule has 41 heavy (non-hydrogen) atoms. The van der Waals surface area contributed by atoms with Gasteiger partial charge in [0.1, 0.15) is 18.9 Å². The van der Waals surface area contributed by atoms with Gasteiger partial charge in [0.15, 0.2) is 0 Å². The molecule has 0 atom stereocenters. The molecule has 1 saturated carbocycles. The fourth-order valence-corrected chi connectivity index (χ4v) is 6.42. The molecular formula is C35H43N3O3. The first-order chi connectivity index (χ1) is 19.8. The number of hydrogen-bond acceptors (Lipinski definition) is 3. The second kappa shape index (κ2) is 12.4. The Balaban J connectivity index is 1.33. The molecule has 6 nitrogen and oxygen atoms in total. The molecule has 3 aromatic carbocycles. The van der Waals surface area contributed by atoms with Gasteiger partial charge in [0.05, 0.1) is 5.54 Å². The summed E-state index contributed by atoms with van der Waals surface area (Å²) in [5.41, 5.74) is 4.82. The van der Waals surface area contributed by atoms with E-state index in [0.29, 0.717) is 13.2 Å². The maximum absolute atomic E-state index is 14.0. The lowest BCUT2D eigenvalue weighted by Gasteiger charge is -2.40. The molecule has 5 rings (SSSR count). The summed E-state index contributed by atoms with van der Waals surface area (Å²) in [5, 5.41) is 3.20. The quantitative estimate of drug-likeness (QED) is 0.291. The average molecular weight is 554 g/mol. The minimum Gasteiger partial charge on any atom is -0.489 e. The molecule has 0 unspecified atom stereocenters. The predicted molar refractivity (Wildman–Crippen MR) is 166 cm³/mol. The number of para-hydroxylation sites is 1. The monoisotopic (exact) mass is 553 g/mol. The molecule has 0 aromatic heterocycles. The minimum atomic E-state index is -0.291. The molecule has 2 fully saturated rings. The molecule has 1 N–H and O–H groups in total. The first kappa shape index (κ1) is 28.7. The van der Waals surface area contributed by atoms with Crippen molar-refractivity contribution in [2.75, 3.05) is 23.3 Å². The van der Waals surface area contributed by atoms with Crippen LogP contribution in [0.4, 0.5) is 16.2 Å². The number of ether oxygens (including phenoxy) is 1. The smallest absolute Gasteiger partial charge is 0.325 e. The van der Waals surface area contributed by atoms with Crippen molar-refractivity contribution < 1.29 is 14.3 Å². The number of carbonyl (C=O) groups is 2. The number of amides is 3. The maximum atomic E-state index is 14.0. The van der Waals surface area contributed by atoms with Gasteiger partial charge in [-0.3, -0.25) is 9.69 Å². The van der Waals surface area contributed by atoms with Crippen LogP contribution in [-0.4, -0.2) is 35.5 Å². The topological polar surface area (TPSA) is 61.9 Å². The number of anilines is 2. The third kappa shape index (κ3) is 6.27. The van der Waals surface area contributed by atoms with Crippen molar-refractivity contribution in [3.8, 4) is 5.75 Å². The predicted octanol–water partition coefficient (Wildman–Crippen LogP) is 8.10. The first-order valence-corrected chi connectivity index (χ1v) is 15.1. The SMILES string of the molecule is CC(C)c1cccc(C(C)C)c1NC(=O)CN1CC2(CCCCC2)N(c2ccc(OCc3ccccc3)cc2)C1=O. The fraction of sp³-hybridized carbons (Fsp3) is 0.429. The largest absolute Gasteiger partial charge is 0.489 e. The van der Waals surface area contributed by atoms with Gasteiger partial charge in [-0.25, -0.2) is 4.79 Å². The highest BCUT2D eigenvalue weighted by atomic mass is 16.5. The molecule has 3 amide bonds. The van der Waals surface area contributed by atoms with E-state index in [4.69, 9.17) is 4.74 Å². The number of rotatable bonds is 9. The summed E-state index contributed by atoms with van der Waals surface area (Å²) in [6.07, 6.45) is 5.23. The van der Waals surface area contributed by atoms with Gasteiger partial charge in [0.25, 0.3) is 0 Å². The van der Waals surface area contributed by atoms with Crippen LogP contribution in [0.3, 0.4) is 0 Å². The summed E-state index contributed by atoms with van der Waals surface area (Å²) in [4.78, 5) is 31.1. The first-order valence-electron chi connectivity index (χ1n) is 15.1. The summed E-state index contributed by atoms with van der Waals surface area (Å²) in [6, 6.07) is 24.0. The summed E-state index contributed by atoms with van der Waals surface area (Å²) in [5.74, 6) is 1.17. The van der Waals surface area contributed by atoms with E-state index in [-0.39, 0.29) is 35.9 Å². The Morgan fingerprint density at radius 2 is 1.49 bits per heavy atom. The van der Waals surface area contributed by atoms with E-state index in [2.05, 4.69) is 51.2 Å². The third-order valence-electron chi connectivity index (χ3n) is 8.52. The van der Waals surface area contributed by atoms with Gasteiger partial charge in [-0.2, -0.15) is 0 Å².